The molecule has 0 aromatic carbocycles. The van der Waals surface area contributed by atoms with Crippen LogP contribution in [0.2, 0.25) is 0 Å². The minimum Gasteiger partial charge on any atom is -0.368 e. The number of rotatable bonds is 1. The highest BCUT2D eigenvalue weighted by Crippen LogP contribution is 2.36. The van der Waals surface area contributed by atoms with Crippen LogP contribution in [0.15, 0.2) is 4.79 Å². The summed E-state index contributed by atoms with van der Waals surface area (Å²) in [5.74, 6) is 1.70. The van der Waals surface area contributed by atoms with Crippen LogP contribution in [0.5, 0.6) is 0 Å². The van der Waals surface area contributed by atoms with E-state index in [0.717, 1.165) is 12.2 Å². The van der Waals surface area contributed by atoms with Crippen molar-refractivity contribution in [3.05, 3.63) is 16.2 Å². The zero-order valence-electron chi connectivity index (χ0n) is 10.3. The molecule has 2 unspecified atom stereocenters. The Morgan fingerprint density at radius 3 is 2.89 bits per heavy atom. The predicted molar refractivity (Wildman–Crippen MR) is 66.2 cm³/mol. The van der Waals surface area contributed by atoms with Gasteiger partial charge in [0.25, 0.3) is 5.56 Å². The number of anilines is 1. The molecule has 0 spiro atoms. The van der Waals surface area contributed by atoms with Crippen molar-refractivity contribution in [3.8, 4) is 0 Å². The standard InChI is InChI=1S/C11H16N6O/c1-6-4-2-3-5-7(6)8-14-15-9-10(18)13-11(12)16-17(8)9/h6-7H,2-5H2,1H3,(H3,12,13,16,18). The first-order chi connectivity index (χ1) is 8.66. The van der Waals surface area contributed by atoms with E-state index in [2.05, 4.69) is 27.2 Å². The van der Waals surface area contributed by atoms with Crippen molar-refractivity contribution in [2.75, 3.05) is 5.73 Å². The molecule has 1 saturated carbocycles. The maximum atomic E-state index is 11.7. The second-order valence-electron chi connectivity index (χ2n) is 5.00. The lowest BCUT2D eigenvalue weighted by Gasteiger charge is -2.26. The molecule has 3 rings (SSSR count). The average Bonchev–Trinajstić information content (AvgIpc) is 2.73. The third kappa shape index (κ3) is 1.66. The minimum absolute atomic E-state index is 0.0945. The molecule has 0 amide bonds. The number of H-pyrrole nitrogens is 1. The van der Waals surface area contributed by atoms with Crippen LogP contribution in [-0.4, -0.2) is 24.8 Å². The van der Waals surface area contributed by atoms with Gasteiger partial charge in [-0.1, -0.05) is 26.2 Å². The Morgan fingerprint density at radius 2 is 2.11 bits per heavy atom. The van der Waals surface area contributed by atoms with Gasteiger partial charge in [0.15, 0.2) is 5.82 Å². The van der Waals surface area contributed by atoms with Crippen LogP contribution in [0.25, 0.3) is 5.65 Å². The summed E-state index contributed by atoms with van der Waals surface area (Å²) in [6, 6.07) is 0. The van der Waals surface area contributed by atoms with Gasteiger partial charge in [-0.2, -0.15) is 4.52 Å². The minimum atomic E-state index is -0.343. The van der Waals surface area contributed by atoms with Gasteiger partial charge in [-0.3, -0.25) is 9.78 Å². The first-order valence-corrected chi connectivity index (χ1v) is 6.28. The summed E-state index contributed by atoms with van der Waals surface area (Å²) in [6.45, 7) is 2.21. The summed E-state index contributed by atoms with van der Waals surface area (Å²) < 4.78 is 1.50. The normalized spacial score (nSPS) is 24.5. The molecular formula is C11H16N6O. The van der Waals surface area contributed by atoms with E-state index in [4.69, 9.17) is 5.73 Å². The van der Waals surface area contributed by atoms with Crippen molar-refractivity contribution in [2.24, 2.45) is 5.92 Å². The largest absolute Gasteiger partial charge is 0.368 e. The van der Waals surface area contributed by atoms with E-state index in [9.17, 15) is 4.79 Å². The van der Waals surface area contributed by atoms with Crippen LogP contribution in [0, 0.1) is 5.92 Å². The highest BCUT2D eigenvalue weighted by molar-refractivity contribution is 5.35. The topological polar surface area (TPSA) is 102 Å². The van der Waals surface area contributed by atoms with Crippen molar-refractivity contribution in [2.45, 2.75) is 38.5 Å². The third-order valence-corrected chi connectivity index (χ3v) is 3.76. The highest BCUT2D eigenvalue weighted by Gasteiger charge is 2.28. The molecule has 2 aromatic heterocycles. The predicted octanol–water partition coefficient (Wildman–Crippen LogP) is 0.688. The fourth-order valence-electron chi connectivity index (χ4n) is 2.77. The van der Waals surface area contributed by atoms with Gasteiger partial charge < -0.3 is 5.73 Å². The van der Waals surface area contributed by atoms with Crippen molar-refractivity contribution in [1.82, 2.24) is 24.8 Å². The zero-order valence-corrected chi connectivity index (χ0v) is 10.3. The Labute approximate surface area is 103 Å². The van der Waals surface area contributed by atoms with E-state index >= 15 is 0 Å². The van der Waals surface area contributed by atoms with Gasteiger partial charge in [0.2, 0.25) is 11.6 Å². The molecule has 2 heterocycles. The smallest absolute Gasteiger partial charge is 0.297 e. The second kappa shape index (κ2) is 4.08. The first kappa shape index (κ1) is 11.2. The third-order valence-electron chi connectivity index (χ3n) is 3.76. The summed E-state index contributed by atoms with van der Waals surface area (Å²) >= 11 is 0. The summed E-state index contributed by atoms with van der Waals surface area (Å²) in [4.78, 5) is 14.1. The van der Waals surface area contributed by atoms with Gasteiger partial charge in [-0.25, -0.2) is 0 Å². The molecule has 0 bridgehead atoms. The van der Waals surface area contributed by atoms with E-state index in [1.54, 1.807) is 0 Å². The first-order valence-electron chi connectivity index (χ1n) is 6.28. The number of hydrogen-bond acceptors (Lipinski definition) is 5. The summed E-state index contributed by atoms with van der Waals surface area (Å²) in [6.07, 6.45) is 4.68. The van der Waals surface area contributed by atoms with Crippen molar-refractivity contribution in [3.63, 3.8) is 0 Å². The monoisotopic (exact) mass is 248 g/mol. The Bertz CT molecular complexity index is 630. The zero-order chi connectivity index (χ0) is 12.7. The molecule has 0 aliphatic heterocycles. The lowest BCUT2D eigenvalue weighted by molar-refractivity contribution is 0.316. The number of fused-ring (bicyclic) bond motifs is 1. The number of nitrogens with two attached hydrogens (primary N) is 1. The second-order valence-corrected chi connectivity index (χ2v) is 5.00. The van der Waals surface area contributed by atoms with Crippen LogP contribution in [0.3, 0.4) is 0 Å². The van der Waals surface area contributed by atoms with Gasteiger partial charge >= 0.3 is 0 Å². The number of aromatic nitrogens is 5. The molecule has 7 heteroatoms. The summed E-state index contributed by atoms with van der Waals surface area (Å²) in [5.41, 5.74) is 5.45. The molecule has 2 aromatic rings. The molecule has 0 saturated heterocycles. The number of nitrogens with one attached hydrogen (secondary N) is 1. The summed E-state index contributed by atoms with van der Waals surface area (Å²) in [7, 11) is 0. The molecule has 1 fully saturated rings. The van der Waals surface area contributed by atoms with E-state index in [0.29, 0.717) is 11.8 Å². The van der Waals surface area contributed by atoms with Gasteiger partial charge in [0.05, 0.1) is 0 Å². The van der Waals surface area contributed by atoms with E-state index in [1.165, 1.54) is 23.8 Å². The van der Waals surface area contributed by atoms with Crippen LogP contribution >= 0.6 is 0 Å². The average molecular weight is 248 g/mol. The summed E-state index contributed by atoms with van der Waals surface area (Å²) in [5, 5.41) is 12.2. The van der Waals surface area contributed by atoms with E-state index < -0.39 is 0 Å². The SMILES string of the molecule is CC1CCCCC1c1nnc2c(=O)[nH]c(N)nn12. The van der Waals surface area contributed by atoms with E-state index in [1.807, 2.05) is 0 Å². The Balaban J connectivity index is 2.14. The molecule has 1 aliphatic rings. The highest BCUT2D eigenvalue weighted by atomic mass is 16.1. The van der Waals surface area contributed by atoms with E-state index in [-0.39, 0.29) is 17.2 Å². The number of nitrogen functional groups attached to an aromatic ring is 1. The Hall–Kier alpha value is -1.92. The molecule has 96 valence electrons. The Kier molecular flexibility index (Phi) is 2.53. The molecule has 18 heavy (non-hydrogen) atoms. The van der Waals surface area contributed by atoms with Crippen molar-refractivity contribution >= 4 is 11.6 Å². The van der Waals surface area contributed by atoms with Crippen molar-refractivity contribution < 1.29 is 0 Å². The van der Waals surface area contributed by atoms with Crippen LogP contribution < -0.4 is 11.3 Å². The molecule has 7 nitrogen and oxygen atoms in total. The lowest BCUT2D eigenvalue weighted by atomic mass is 9.80. The van der Waals surface area contributed by atoms with Crippen LogP contribution in [0.4, 0.5) is 5.95 Å². The van der Waals surface area contributed by atoms with Gasteiger partial charge in [0.1, 0.15) is 0 Å². The number of aromatic amines is 1. The van der Waals surface area contributed by atoms with Crippen LogP contribution in [-0.2, 0) is 0 Å². The van der Waals surface area contributed by atoms with Gasteiger partial charge in [0, 0.05) is 5.92 Å². The molecule has 1 aliphatic carbocycles. The number of hydrogen-bond donors (Lipinski definition) is 2. The molecule has 2 atom stereocenters. The van der Waals surface area contributed by atoms with Crippen LogP contribution in [0.1, 0.15) is 44.3 Å². The fraction of sp³-hybridized carbons (Fsp3) is 0.636. The number of nitrogens with zero attached hydrogens (tertiary/aromatic N) is 4. The fourth-order valence-corrected chi connectivity index (χ4v) is 2.77. The Morgan fingerprint density at radius 1 is 1.33 bits per heavy atom. The maximum absolute atomic E-state index is 11.7. The maximum Gasteiger partial charge on any atom is 0.297 e. The lowest BCUT2D eigenvalue weighted by Crippen LogP contribution is -2.21. The quantitative estimate of drug-likeness (QED) is 0.773. The van der Waals surface area contributed by atoms with Gasteiger partial charge in [-0.15, -0.1) is 15.3 Å². The molecule has 3 N–H and O–H groups in total. The van der Waals surface area contributed by atoms with Gasteiger partial charge in [-0.05, 0) is 12.3 Å². The van der Waals surface area contributed by atoms with Crippen molar-refractivity contribution in [1.29, 1.82) is 0 Å². The molecule has 0 radical (unpaired) electrons. The molecular weight excluding hydrogens is 232 g/mol.